The van der Waals surface area contributed by atoms with Crippen molar-refractivity contribution < 1.29 is 51.6 Å². The molecule has 0 saturated carbocycles. The molecule has 0 saturated heterocycles. The molecular weight excluding hydrogens is 547 g/mol. The largest absolute Gasteiger partial charge is 0.486 e. The van der Waals surface area contributed by atoms with Crippen LogP contribution in [0.15, 0.2) is 106 Å². The van der Waals surface area contributed by atoms with Gasteiger partial charge >= 0.3 is 33.4 Å². The van der Waals surface area contributed by atoms with Crippen molar-refractivity contribution in [3.8, 4) is 0 Å². The Kier molecular flexibility index (Phi) is 7.20. The summed E-state index contributed by atoms with van der Waals surface area (Å²) in [4.78, 5) is -0.270. The van der Waals surface area contributed by atoms with E-state index >= 15 is 0 Å². The first-order chi connectivity index (χ1) is 16.5. The van der Waals surface area contributed by atoms with Crippen LogP contribution in [0.3, 0.4) is 0 Å². The Morgan fingerprint density at radius 1 is 0.500 bits per heavy atom. The lowest BCUT2D eigenvalue weighted by molar-refractivity contribution is -0.382. The first kappa shape index (κ1) is 27.9. The van der Waals surface area contributed by atoms with E-state index in [9.17, 15) is 47.9 Å². The van der Waals surface area contributed by atoms with E-state index in [-0.39, 0.29) is 14.7 Å². The lowest BCUT2D eigenvalue weighted by atomic mass is 10.1. The van der Waals surface area contributed by atoms with Gasteiger partial charge in [0.1, 0.15) is 0 Å². The zero-order valence-corrected chi connectivity index (χ0v) is 19.3. The average Bonchev–Trinajstić information content (AvgIpc) is 2.83. The predicted molar refractivity (Wildman–Crippen MR) is 114 cm³/mol. The Bertz CT molecular complexity index is 1190. The van der Waals surface area contributed by atoms with Gasteiger partial charge in [0, 0.05) is 0 Å². The maximum atomic E-state index is 14.7. The number of rotatable bonds is 8. The topological polar surface area (TPSA) is 46.9 Å². The molecule has 3 nitrogen and oxygen atoms in total. The third-order valence-electron chi connectivity index (χ3n) is 4.90. The van der Waals surface area contributed by atoms with Gasteiger partial charge in [-0.1, -0.05) is 54.6 Å². The van der Waals surface area contributed by atoms with Crippen molar-refractivity contribution in [2.45, 2.75) is 38.0 Å². The van der Waals surface area contributed by atoms with Gasteiger partial charge in [-0.25, -0.2) is 0 Å². The van der Waals surface area contributed by atoms with Crippen LogP contribution in [0.4, 0.5) is 39.5 Å². The van der Waals surface area contributed by atoms with Gasteiger partial charge < -0.3 is 0 Å². The normalized spacial score (nSPS) is 14.5. The van der Waals surface area contributed by atoms with E-state index in [1.54, 1.807) is 0 Å². The molecule has 0 bridgehead atoms. The predicted octanol–water partition coefficient (Wildman–Crippen LogP) is 7.73. The summed E-state index contributed by atoms with van der Waals surface area (Å²) in [6, 6.07) is 20.0. The quantitative estimate of drug-likeness (QED) is 0.160. The molecule has 0 aliphatic carbocycles. The highest BCUT2D eigenvalue weighted by atomic mass is 32.3. The third kappa shape index (κ3) is 4.34. The Morgan fingerprint density at radius 3 is 1.08 bits per heavy atom. The van der Waals surface area contributed by atoms with Crippen molar-refractivity contribution in [2.24, 2.45) is 0 Å². The summed E-state index contributed by atoms with van der Waals surface area (Å²) in [6.45, 7) is 0. The summed E-state index contributed by atoms with van der Waals surface area (Å²) in [5.74, 6) is -14.8. The smallest absolute Gasteiger partial charge is 0.257 e. The summed E-state index contributed by atoms with van der Waals surface area (Å²) in [6.07, 6.45) is -7.18. The SMILES string of the molecule is O=S(=O)([OH+]S(c1ccccc1)(c1ccccc1)c1ccccc1)C(F)(F)C(F)(F)C(F)(F)C(F)(F)F. The Balaban J connectivity index is 2.33. The second-order valence-corrected chi connectivity index (χ2v) is 11.9. The standard InChI is InChI=1S/C22H15F9O3S2/c23-19(24,21(27,28)29)20(25,26)22(30,31)36(32,33)34-35(16-10-4-1-5-11-16,17-12-6-2-7-13-17)18-14-8-3-9-15-18/h1-15H/p+1. The minimum absolute atomic E-state index is 0.0901. The monoisotopic (exact) mass is 563 g/mol. The van der Waals surface area contributed by atoms with Crippen molar-refractivity contribution in [3.63, 3.8) is 0 Å². The summed E-state index contributed by atoms with van der Waals surface area (Å²) in [7, 11) is -10.9. The molecular formula is C22H16F9O3S2+. The molecule has 0 aliphatic rings. The van der Waals surface area contributed by atoms with Gasteiger partial charge in [-0.3, -0.25) is 3.63 Å². The maximum absolute atomic E-state index is 14.7. The van der Waals surface area contributed by atoms with Gasteiger partial charge in [0.25, 0.3) is 0 Å². The van der Waals surface area contributed by atoms with Crippen LogP contribution in [-0.2, 0) is 10.1 Å². The summed E-state index contributed by atoms with van der Waals surface area (Å²) in [5.41, 5.74) is 0. The van der Waals surface area contributed by atoms with Gasteiger partial charge in [0.05, 0.1) is 25.0 Å². The second-order valence-electron chi connectivity index (χ2n) is 7.23. The van der Waals surface area contributed by atoms with Crippen LogP contribution in [0, 0.1) is 0 Å². The number of hydrogen-bond acceptors (Lipinski definition) is 2. The molecule has 196 valence electrons. The van der Waals surface area contributed by atoms with Crippen LogP contribution in [0.25, 0.3) is 0 Å². The molecule has 0 heterocycles. The second kappa shape index (κ2) is 9.30. The lowest BCUT2D eigenvalue weighted by Crippen LogP contribution is -2.63. The van der Waals surface area contributed by atoms with Gasteiger partial charge in [-0.05, 0) is 36.4 Å². The van der Waals surface area contributed by atoms with Gasteiger partial charge in [-0.2, -0.15) is 39.5 Å². The van der Waals surface area contributed by atoms with Crippen molar-refractivity contribution >= 4 is 20.4 Å². The van der Waals surface area contributed by atoms with E-state index in [0.717, 1.165) is 0 Å². The molecule has 0 atom stereocenters. The summed E-state index contributed by atoms with van der Waals surface area (Å²) in [5, 5.41) is -6.95. The summed E-state index contributed by atoms with van der Waals surface area (Å²) >= 11 is 0. The Labute approximate surface area is 201 Å². The molecule has 3 rings (SSSR count). The van der Waals surface area contributed by atoms with Crippen molar-refractivity contribution in [1.82, 2.24) is 0 Å². The highest BCUT2D eigenvalue weighted by Crippen LogP contribution is 2.69. The number of benzene rings is 3. The molecule has 36 heavy (non-hydrogen) atoms. The average molecular weight is 563 g/mol. The van der Waals surface area contributed by atoms with E-state index in [2.05, 4.69) is 3.63 Å². The van der Waals surface area contributed by atoms with Gasteiger partial charge in [0.2, 0.25) is 0 Å². The molecule has 0 spiro atoms. The Morgan fingerprint density at radius 2 is 0.806 bits per heavy atom. The van der Waals surface area contributed by atoms with E-state index in [1.165, 1.54) is 91.0 Å². The fraction of sp³-hybridized carbons (Fsp3) is 0.182. The Hall–Kier alpha value is -2.71. The van der Waals surface area contributed by atoms with E-state index in [4.69, 9.17) is 0 Å². The van der Waals surface area contributed by atoms with Crippen LogP contribution in [0.2, 0.25) is 0 Å². The van der Waals surface area contributed by atoms with Crippen molar-refractivity contribution in [1.29, 1.82) is 0 Å². The van der Waals surface area contributed by atoms with E-state index < -0.39 is 43.7 Å². The zero-order chi connectivity index (χ0) is 27.0. The molecule has 1 N–H and O–H groups in total. The molecule has 3 aromatic carbocycles. The van der Waals surface area contributed by atoms with Crippen LogP contribution in [-0.4, -0.2) is 35.3 Å². The third-order valence-corrected chi connectivity index (χ3v) is 10.3. The zero-order valence-electron chi connectivity index (χ0n) is 17.6. The molecule has 14 heteroatoms. The molecule has 0 unspecified atom stereocenters. The number of hydrogen-bond donors (Lipinski definition) is 0. The molecule has 0 fully saturated rings. The highest BCUT2D eigenvalue weighted by molar-refractivity contribution is 8.32. The first-order valence-electron chi connectivity index (χ1n) is 9.70. The van der Waals surface area contributed by atoms with Crippen LogP contribution < -0.4 is 0 Å². The minimum Gasteiger partial charge on any atom is -0.257 e. The molecule has 0 amide bonds. The number of halogens is 9. The fourth-order valence-electron chi connectivity index (χ4n) is 3.11. The van der Waals surface area contributed by atoms with Crippen LogP contribution in [0.5, 0.6) is 0 Å². The van der Waals surface area contributed by atoms with Crippen molar-refractivity contribution in [2.75, 3.05) is 0 Å². The molecule has 0 aliphatic heterocycles. The van der Waals surface area contributed by atoms with Gasteiger partial charge in [-0.15, -0.1) is 8.42 Å². The van der Waals surface area contributed by atoms with Crippen molar-refractivity contribution in [3.05, 3.63) is 91.0 Å². The lowest BCUT2D eigenvalue weighted by Gasteiger charge is -2.37. The molecule has 0 radical (unpaired) electrons. The van der Waals surface area contributed by atoms with Crippen LogP contribution in [0.1, 0.15) is 0 Å². The first-order valence-corrected chi connectivity index (χ1v) is 12.7. The van der Waals surface area contributed by atoms with E-state index in [1.807, 2.05) is 0 Å². The number of alkyl halides is 9. The maximum Gasteiger partial charge on any atom is 0.486 e. The minimum atomic E-state index is -7.39. The highest BCUT2D eigenvalue weighted by Gasteiger charge is 2.88. The molecule has 0 aromatic heterocycles. The summed E-state index contributed by atoms with van der Waals surface area (Å²) < 4.78 is 151. The van der Waals surface area contributed by atoms with E-state index in [0.29, 0.717) is 0 Å². The van der Waals surface area contributed by atoms with Crippen LogP contribution >= 0.6 is 10.3 Å². The van der Waals surface area contributed by atoms with Gasteiger partial charge in [0.15, 0.2) is 0 Å². The molecule has 3 aromatic rings. The fourth-order valence-corrected chi connectivity index (χ4v) is 8.61.